The quantitative estimate of drug-likeness (QED) is 0.263. The fourth-order valence-electron chi connectivity index (χ4n) is 4.08. The van der Waals surface area contributed by atoms with E-state index in [9.17, 15) is 8.42 Å². The lowest BCUT2D eigenvalue weighted by Gasteiger charge is -2.22. The van der Waals surface area contributed by atoms with Gasteiger partial charge in [0, 0.05) is 7.05 Å². The number of benzene rings is 2. The molecule has 4 nitrogen and oxygen atoms in total. The minimum Gasteiger partial charge on any atom is -0.497 e. The molecule has 2 rings (SSSR count). The van der Waals surface area contributed by atoms with Gasteiger partial charge in [0.25, 0.3) is 10.0 Å². The molecule has 0 aliphatic carbocycles. The van der Waals surface area contributed by atoms with Crippen molar-refractivity contribution in [2.75, 3.05) is 18.5 Å². The molecule has 0 heterocycles. The van der Waals surface area contributed by atoms with Gasteiger partial charge >= 0.3 is 0 Å². The van der Waals surface area contributed by atoms with Gasteiger partial charge in [0.15, 0.2) is 0 Å². The Hall–Kier alpha value is -2.01. The normalized spacial score (nSPS) is 11.5. The maximum atomic E-state index is 13.0. The average molecular weight is 460 g/mol. The Bertz CT molecular complexity index is 907. The van der Waals surface area contributed by atoms with Crippen LogP contribution in [0, 0.1) is 6.92 Å². The molecule has 0 bridgehead atoms. The van der Waals surface area contributed by atoms with Crippen molar-refractivity contribution < 1.29 is 13.2 Å². The van der Waals surface area contributed by atoms with Gasteiger partial charge in [0.1, 0.15) is 5.75 Å². The van der Waals surface area contributed by atoms with Crippen LogP contribution in [0.25, 0.3) is 0 Å². The average Bonchev–Trinajstić information content (AvgIpc) is 2.80. The Labute approximate surface area is 196 Å². The minimum atomic E-state index is -3.61. The third-order valence-corrected chi connectivity index (χ3v) is 7.92. The van der Waals surface area contributed by atoms with Crippen molar-refractivity contribution in [3.63, 3.8) is 0 Å². The van der Waals surface area contributed by atoms with Gasteiger partial charge in [0.2, 0.25) is 0 Å². The number of anilines is 1. The van der Waals surface area contributed by atoms with Gasteiger partial charge in [-0.2, -0.15) is 0 Å². The number of unbranched alkanes of at least 4 members (excludes halogenated alkanes) is 9. The van der Waals surface area contributed by atoms with Crippen LogP contribution < -0.4 is 9.04 Å². The molecule has 2 aromatic carbocycles. The van der Waals surface area contributed by atoms with Gasteiger partial charge in [-0.3, -0.25) is 4.31 Å². The van der Waals surface area contributed by atoms with Crippen molar-refractivity contribution in [3.05, 3.63) is 53.6 Å². The van der Waals surface area contributed by atoms with Crippen LogP contribution in [0.4, 0.5) is 5.69 Å². The molecule has 0 saturated heterocycles. The predicted octanol–water partition coefficient (Wildman–Crippen LogP) is 7.29. The first kappa shape index (κ1) is 26.2. The van der Waals surface area contributed by atoms with Crippen molar-refractivity contribution in [1.82, 2.24) is 0 Å². The summed E-state index contributed by atoms with van der Waals surface area (Å²) in [6, 6.07) is 12.6. The van der Waals surface area contributed by atoms with Gasteiger partial charge in [-0.15, -0.1) is 0 Å². The van der Waals surface area contributed by atoms with Crippen molar-refractivity contribution in [1.29, 1.82) is 0 Å². The second-order valence-corrected chi connectivity index (χ2v) is 10.7. The number of nitrogens with zero attached hydrogens (tertiary/aromatic N) is 1. The van der Waals surface area contributed by atoms with E-state index in [-0.39, 0.29) is 4.90 Å². The van der Waals surface area contributed by atoms with Crippen LogP contribution >= 0.6 is 0 Å². The molecular formula is C27H41NO3S. The summed E-state index contributed by atoms with van der Waals surface area (Å²) < 4.78 is 32.5. The van der Waals surface area contributed by atoms with Crippen LogP contribution in [-0.2, 0) is 16.4 Å². The molecule has 0 saturated carbocycles. The van der Waals surface area contributed by atoms with Gasteiger partial charge in [-0.05, 0) is 61.2 Å². The highest BCUT2D eigenvalue weighted by Gasteiger charge is 2.22. The van der Waals surface area contributed by atoms with Crippen LogP contribution in [-0.4, -0.2) is 22.6 Å². The molecular weight excluding hydrogens is 418 g/mol. The van der Waals surface area contributed by atoms with Crippen LogP contribution in [0.15, 0.2) is 47.4 Å². The summed E-state index contributed by atoms with van der Waals surface area (Å²) in [5.74, 6) is 0.638. The molecule has 5 heteroatoms. The van der Waals surface area contributed by atoms with Crippen molar-refractivity contribution in [2.24, 2.45) is 0 Å². The fourth-order valence-corrected chi connectivity index (χ4v) is 5.34. The minimum absolute atomic E-state index is 0.259. The molecule has 0 spiro atoms. The topological polar surface area (TPSA) is 46.6 Å². The van der Waals surface area contributed by atoms with E-state index in [0.717, 1.165) is 12.0 Å². The van der Waals surface area contributed by atoms with Gasteiger partial charge in [-0.25, -0.2) is 8.42 Å². The second-order valence-electron chi connectivity index (χ2n) is 8.70. The third-order valence-electron chi connectivity index (χ3n) is 6.14. The molecule has 0 fully saturated rings. The molecule has 0 aliphatic heterocycles. The molecule has 0 radical (unpaired) electrons. The Morgan fingerprint density at radius 1 is 0.812 bits per heavy atom. The van der Waals surface area contributed by atoms with E-state index in [2.05, 4.69) is 19.1 Å². The molecule has 0 atom stereocenters. The Morgan fingerprint density at radius 3 is 1.91 bits per heavy atom. The zero-order chi connectivity index (χ0) is 23.4. The summed E-state index contributed by atoms with van der Waals surface area (Å²) in [5.41, 5.74) is 2.97. The van der Waals surface area contributed by atoms with Gasteiger partial charge in [0.05, 0.1) is 17.7 Å². The smallest absolute Gasteiger partial charge is 0.264 e. The maximum Gasteiger partial charge on any atom is 0.264 e. The van der Waals surface area contributed by atoms with E-state index in [1.165, 1.54) is 74.1 Å². The van der Waals surface area contributed by atoms with Crippen LogP contribution in [0.2, 0.25) is 0 Å². The SMILES string of the molecule is CCCCCCCCCCCCc1ccc(N(C)S(=O)(=O)c2ccc(OC)cc2)c(C)c1. The summed E-state index contributed by atoms with van der Waals surface area (Å²) >= 11 is 0. The van der Waals surface area contributed by atoms with Gasteiger partial charge < -0.3 is 4.74 Å². The lowest BCUT2D eigenvalue weighted by Crippen LogP contribution is -2.27. The van der Waals surface area contributed by atoms with E-state index >= 15 is 0 Å². The predicted molar refractivity (Wildman–Crippen MR) is 135 cm³/mol. The lowest BCUT2D eigenvalue weighted by molar-refractivity contribution is 0.414. The number of methoxy groups -OCH3 is 1. The second kappa shape index (κ2) is 13.5. The molecule has 0 N–H and O–H groups in total. The number of sulfonamides is 1. The Kier molecular flexibility index (Phi) is 11.1. The number of hydrogen-bond acceptors (Lipinski definition) is 3. The Balaban J connectivity index is 1.83. The summed E-state index contributed by atoms with van der Waals surface area (Å²) in [5, 5.41) is 0. The highest BCUT2D eigenvalue weighted by atomic mass is 32.2. The van der Waals surface area contributed by atoms with Gasteiger partial charge in [-0.1, -0.05) is 76.8 Å². The van der Waals surface area contributed by atoms with Crippen molar-refractivity contribution in [3.8, 4) is 5.75 Å². The fraction of sp³-hybridized carbons (Fsp3) is 0.556. The van der Waals surface area contributed by atoms with Crippen LogP contribution in [0.1, 0.15) is 82.3 Å². The van der Waals surface area contributed by atoms with Crippen molar-refractivity contribution in [2.45, 2.75) is 89.4 Å². The van der Waals surface area contributed by atoms with Crippen molar-refractivity contribution >= 4 is 15.7 Å². The number of ether oxygens (including phenoxy) is 1. The van der Waals surface area contributed by atoms with Crippen LogP contribution in [0.5, 0.6) is 5.75 Å². The van der Waals surface area contributed by atoms with E-state index in [1.807, 2.05) is 13.0 Å². The molecule has 0 amide bonds. The maximum absolute atomic E-state index is 13.0. The highest BCUT2D eigenvalue weighted by molar-refractivity contribution is 7.92. The Morgan fingerprint density at radius 2 is 1.38 bits per heavy atom. The zero-order valence-electron chi connectivity index (χ0n) is 20.4. The summed E-state index contributed by atoms with van der Waals surface area (Å²) in [4.78, 5) is 0.259. The molecule has 2 aromatic rings. The molecule has 32 heavy (non-hydrogen) atoms. The number of rotatable bonds is 15. The van der Waals surface area contributed by atoms with E-state index in [0.29, 0.717) is 11.4 Å². The number of hydrogen-bond donors (Lipinski definition) is 0. The first-order valence-corrected chi connectivity index (χ1v) is 13.6. The summed E-state index contributed by atoms with van der Waals surface area (Å²) in [6.07, 6.45) is 14.4. The zero-order valence-corrected chi connectivity index (χ0v) is 21.2. The largest absolute Gasteiger partial charge is 0.497 e. The van der Waals surface area contributed by atoms with Crippen LogP contribution in [0.3, 0.4) is 0 Å². The summed E-state index contributed by atoms with van der Waals surface area (Å²) in [6.45, 7) is 4.25. The molecule has 0 aliphatic rings. The molecule has 0 unspecified atom stereocenters. The van der Waals surface area contributed by atoms with E-state index < -0.39 is 10.0 Å². The van der Waals surface area contributed by atoms with E-state index in [1.54, 1.807) is 38.4 Å². The van der Waals surface area contributed by atoms with E-state index in [4.69, 9.17) is 4.74 Å². The first-order chi connectivity index (χ1) is 15.4. The number of aryl methyl sites for hydroxylation is 2. The lowest BCUT2D eigenvalue weighted by atomic mass is 10.0. The third kappa shape index (κ3) is 7.84. The standard InChI is InChI=1S/C27H41NO3S/c1-5-6-7-8-9-10-11-12-13-14-15-24-16-21-27(23(2)22-24)28(3)32(29,30)26-19-17-25(31-4)18-20-26/h16-22H,5-15H2,1-4H3. The summed E-state index contributed by atoms with van der Waals surface area (Å²) in [7, 11) is -0.432. The molecule has 0 aromatic heterocycles. The first-order valence-electron chi connectivity index (χ1n) is 12.1. The monoisotopic (exact) mass is 459 g/mol. The highest BCUT2D eigenvalue weighted by Crippen LogP contribution is 2.27. The molecule has 178 valence electrons.